The summed E-state index contributed by atoms with van der Waals surface area (Å²) in [6.07, 6.45) is 0. The third-order valence-electron chi connectivity index (χ3n) is 15.8. The third kappa shape index (κ3) is 12.4. The molecule has 0 aromatic heterocycles. The van der Waals surface area contributed by atoms with Gasteiger partial charge in [-0.15, -0.1) is 6.04 Å². The van der Waals surface area contributed by atoms with E-state index in [0.717, 1.165) is 22.6 Å². The van der Waals surface area contributed by atoms with E-state index in [1.54, 1.807) is 14.2 Å². The van der Waals surface area contributed by atoms with Crippen molar-refractivity contribution in [2.24, 2.45) is 5.92 Å². The van der Waals surface area contributed by atoms with Crippen LogP contribution >= 0.6 is 35.2 Å². The molecule has 0 radical (unpaired) electrons. The van der Waals surface area contributed by atoms with Gasteiger partial charge in [0, 0.05) is 11.1 Å². The van der Waals surface area contributed by atoms with Crippen LogP contribution in [0.15, 0.2) is 194 Å². The van der Waals surface area contributed by atoms with Gasteiger partial charge in [-0.05, 0) is 158 Å². The van der Waals surface area contributed by atoms with Crippen LogP contribution in [0.3, 0.4) is 0 Å². The zero-order valence-corrected chi connectivity index (χ0v) is 53.3. The Hall–Kier alpha value is -5.70. The molecule has 0 saturated carbocycles. The summed E-state index contributed by atoms with van der Waals surface area (Å²) in [5, 5.41) is 14.2. The standard InChI is InChI=1S/C52H48P2.C19H24N2O2.2ClH.Ru/c1-33-17-13-18-34(2)49(33)53(50-35(3)19-14-20-36(50)4)45-31-29-41-25-9-11-27-43(41)47(45)48-44-28-12-10-26-42(44)30-32-46(48)54(51-37(5)21-15-22-38(51)6)52-39(7)23-16-24-40(52)8;1-13(2)18(20)19(21,14-5-9-16(22-3)10-6-14)15-7-11-17(23-4)12-8-15;;;/h9-32H,1-8H3;5-13,18,20-21H,1-4H3;2*1H;/q;-2;;;+4/t;18-;;;/m.1.../s1. The van der Waals surface area contributed by atoms with Crippen LogP contribution < -0.4 is 41.3 Å². The van der Waals surface area contributed by atoms with E-state index in [2.05, 4.69) is 201 Å². The molecule has 10 aromatic carbocycles. The summed E-state index contributed by atoms with van der Waals surface area (Å²) in [7, 11) is 9.90. The minimum absolute atomic E-state index is 0.0525. The molecular formula is C71H74Cl2N2O2P2Ru+2. The molecule has 0 bridgehead atoms. The van der Waals surface area contributed by atoms with Crippen LogP contribution in [0.1, 0.15) is 69.5 Å². The van der Waals surface area contributed by atoms with Crippen LogP contribution in [-0.4, -0.2) is 20.3 Å². The van der Waals surface area contributed by atoms with Gasteiger partial charge in [-0.1, -0.05) is 194 Å². The van der Waals surface area contributed by atoms with Crippen molar-refractivity contribution in [2.45, 2.75) is 80.8 Å². The monoisotopic (exact) mass is 1220 g/mol. The Kier molecular flexibility index (Phi) is 20.3. The van der Waals surface area contributed by atoms with Gasteiger partial charge in [0.25, 0.3) is 0 Å². The Morgan fingerprint density at radius 2 is 0.675 bits per heavy atom. The molecule has 80 heavy (non-hydrogen) atoms. The van der Waals surface area contributed by atoms with E-state index >= 15 is 0 Å². The van der Waals surface area contributed by atoms with Gasteiger partial charge in [0.05, 0.1) is 14.2 Å². The number of aryl methyl sites for hydroxylation is 8. The number of halogens is 2. The Bertz CT molecular complexity index is 3350. The number of ether oxygens (including phenoxy) is 2. The van der Waals surface area contributed by atoms with Gasteiger partial charge in [0.1, 0.15) is 59.2 Å². The average Bonchev–Trinajstić information content (AvgIpc) is 3.66. The van der Waals surface area contributed by atoms with Gasteiger partial charge in [0.2, 0.25) is 0 Å². The number of fused-ring (bicyclic) bond motifs is 2. The molecule has 0 unspecified atom stereocenters. The number of hydrogen-bond donors (Lipinski definition) is 0. The van der Waals surface area contributed by atoms with Crippen molar-refractivity contribution < 1.29 is 24.6 Å². The molecule has 2 N–H and O–H groups in total. The van der Waals surface area contributed by atoms with Crippen LogP contribution in [0, 0.1) is 61.3 Å². The summed E-state index contributed by atoms with van der Waals surface area (Å²) < 4.78 is 10.4. The molecule has 0 aliphatic carbocycles. The molecule has 10 rings (SSSR count). The second kappa shape index (κ2) is 26.9. The first kappa shape index (κ1) is 60.4. The molecule has 4 nitrogen and oxygen atoms in total. The van der Waals surface area contributed by atoms with Crippen molar-refractivity contribution in [1.29, 1.82) is 0 Å². The average molecular weight is 1220 g/mol. The molecule has 0 spiro atoms. The predicted molar refractivity (Wildman–Crippen MR) is 351 cm³/mol. The van der Waals surface area contributed by atoms with Gasteiger partial charge in [-0.3, -0.25) is 0 Å². The van der Waals surface area contributed by atoms with Gasteiger partial charge < -0.3 is 20.9 Å². The number of benzene rings is 10. The number of hydrogen-bond acceptors (Lipinski definition) is 2. The van der Waals surface area contributed by atoms with Crippen molar-refractivity contribution >= 4 is 88.6 Å². The second-order valence-electron chi connectivity index (χ2n) is 21.3. The van der Waals surface area contributed by atoms with Gasteiger partial charge in [0.15, 0.2) is 0 Å². The summed E-state index contributed by atoms with van der Waals surface area (Å²) in [5.41, 5.74) is 32.0. The van der Waals surface area contributed by atoms with Crippen LogP contribution in [0.5, 0.6) is 11.5 Å². The number of rotatable bonds is 13. The predicted octanol–water partition coefficient (Wildman–Crippen LogP) is 17.6. The summed E-state index contributed by atoms with van der Waals surface area (Å²) in [6, 6.07) is 69.9. The zero-order valence-electron chi connectivity index (χ0n) is 48.1. The third-order valence-corrected chi connectivity index (χ3v) is 22.9. The van der Waals surface area contributed by atoms with Crippen LogP contribution in [0.25, 0.3) is 44.1 Å². The van der Waals surface area contributed by atoms with E-state index in [9.17, 15) is 0 Å². The van der Waals surface area contributed by atoms with E-state index in [1.807, 2.05) is 62.4 Å². The molecule has 0 fully saturated rings. The Balaban J connectivity index is 0.000000270. The first-order valence-corrected chi connectivity index (χ1v) is 34.6. The summed E-state index contributed by atoms with van der Waals surface area (Å²) in [6.45, 7) is 22.6. The molecular weight excluding hydrogens is 1150 g/mol. The first-order valence-electron chi connectivity index (χ1n) is 27.2. The van der Waals surface area contributed by atoms with Gasteiger partial charge in [-0.25, -0.2) is 0 Å². The topological polar surface area (TPSA) is 66.1 Å². The van der Waals surface area contributed by atoms with Crippen molar-refractivity contribution in [1.82, 2.24) is 0 Å². The van der Waals surface area contributed by atoms with Gasteiger partial charge in [-0.2, -0.15) is 0 Å². The molecule has 0 aliphatic rings. The molecule has 9 heteroatoms. The quantitative estimate of drug-likeness (QED) is 0.0853. The normalized spacial score (nSPS) is 11.8. The summed E-state index contributed by atoms with van der Waals surface area (Å²) >= 11 is -0.346. The Morgan fingerprint density at radius 3 is 0.938 bits per heavy atom. The van der Waals surface area contributed by atoms with E-state index in [1.165, 1.54) is 109 Å². The van der Waals surface area contributed by atoms with Gasteiger partial charge >= 0.3 is 34.5 Å². The van der Waals surface area contributed by atoms with Crippen molar-refractivity contribution in [3.05, 3.63) is 261 Å². The molecule has 0 saturated heterocycles. The van der Waals surface area contributed by atoms with Crippen LogP contribution in [0.4, 0.5) is 0 Å². The van der Waals surface area contributed by atoms with E-state index in [0.29, 0.717) is 0 Å². The van der Waals surface area contributed by atoms with E-state index in [4.69, 9.17) is 40.3 Å². The molecule has 0 heterocycles. The van der Waals surface area contributed by atoms with E-state index < -0.39 is 27.4 Å². The molecule has 1 atom stereocenters. The summed E-state index contributed by atoms with van der Waals surface area (Å²) in [5.74, 6) is 1.55. The fourth-order valence-electron chi connectivity index (χ4n) is 11.9. The molecule has 0 aliphatic heterocycles. The maximum absolute atomic E-state index is 9.12. The van der Waals surface area contributed by atoms with Crippen LogP contribution in [0.2, 0.25) is 0 Å². The molecule has 410 valence electrons. The summed E-state index contributed by atoms with van der Waals surface area (Å²) in [4.78, 5) is 0. The van der Waals surface area contributed by atoms with E-state index in [-0.39, 0.29) is 21.1 Å². The molecule has 10 aromatic rings. The fraction of sp³-hybridized carbons (Fsp3) is 0.211. The molecule has 0 amide bonds. The Morgan fingerprint density at radius 1 is 0.400 bits per heavy atom. The Labute approximate surface area is 494 Å². The van der Waals surface area contributed by atoms with Crippen molar-refractivity contribution in [3.8, 4) is 22.6 Å². The fourth-order valence-corrected chi connectivity index (χ4v) is 18.8. The second-order valence-corrected chi connectivity index (χ2v) is 28.5. The van der Waals surface area contributed by atoms with Crippen molar-refractivity contribution in [3.63, 3.8) is 0 Å². The number of nitrogens with one attached hydrogen (secondary N) is 2. The zero-order chi connectivity index (χ0) is 57.4. The maximum atomic E-state index is 9.12. The number of methoxy groups -OCH3 is 2. The van der Waals surface area contributed by atoms with Crippen LogP contribution in [-0.2, 0) is 20.7 Å². The minimum atomic E-state index is -1.52. The first-order chi connectivity index (χ1) is 38.5. The van der Waals surface area contributed by atoms with Crippen molar-refractivity contribution in [2.75, 3.05) is 14.2 Å². The SMILES string of the molecule is COc1ccc(C([NH-])(c2ccc(OC)cc2)[C@H]([NH-])C(C)C)cc1.Cc1cccc(C)c1[PH+](c1ccc2ccccc2c1-c1c([PH+](c2c(C)cccc2C)c2c(C)cccc2C)ccc2ccccc12)c1c(C)cccc1C.[Cl][Ru+2][Cl].